The molecule has 27 heavy (non-hydrogen) atoms. The highest BCUT2D eigenvalue weighted by atomic mass is 16.5. The van der Waals surface area contributed by atoms with Crippen LogP contribution in [0, 0.1) is 5.92 Å². The van der Waals surface area contributed by atoms with Crippen LogP contribution in [0.5, 0.6) is 0 Å². The predicted octanol–water partition coefficient (Wildman–Crippen LogP) is 2.45. The van der Waals surface area contributed by atoms with Crippen LogP contribution in [0.15, 0.2) is 24.3 Å². The van der Waals surface area contributed by atoms with Gasteiger partial charge in [-0.2, -0.15) is 0 Å². The number of amides is 3. The fraction of sp³-hybridized carbons (Fsp3) is 0.571. The van der Waals surface area contributed by atoms with E-state index in [1.165, 1.54) is 11.3 Å². The quantitative estimate of drug-likeness (QED) is 0.477. The molecule has 3 amide bonds. The van der Waals surface area contributed by atoms with Crippen LogP contribution in [0.3, 0.4) is 0 Å². The number of β-lactam (4-membered cyclic amide) rings is 1. The number of likely N-dealkylation sites (tertiary alicyclic amines) is 1. The standard InChI is InChI=1S/C21H30N2O4/c1-16(2)5-3-4-12-27-15-19(24)22-14-18-8-6-17(7-9-18)13-21(26)23-11-10-20(23)25/h6-9,16H,3-5,10-15H2,1-2H3,(H,22,24). The molecule has 1 saturated heterocycles. The summed E-state index contributed by atoms with van der Waals surface area (Å²) in [7, 11) is 0. The maximum absolute atomic E-state index is 11.9. The molecule has 148 valence electrons. The minimum absolute atomic E-state index is 0.0815. The topological polar surface area (TPSA) is 75.7 Å². The number of rotatable bonds is 11. The molecule has 1 fully saturated rings. The molecule has 0 bridgehead atoms. The first-order valence-electron chi connectivity index (χ1n) is 9.71. The summed E-state index contributed by atoms with van der Waals surface area (Å²) in [4.78, 5) is 36.3. The van der Waals surface area contributed by atoms with Crippen molar-refractivity contribution < 1.29 is 19.1 Å². The van der Waals surface area contributed by atoms with Crippen LogP contribution >= 0.6 is 0 Å². The second-order valence-corrected chi connectivity index (χ2v) is 7.40. The first kappa shape index (κ1) is 21.1. The van der Waals surface area contributed by atoms with Gasteiger partial charge in [-0.05, 0) is 23.5 Å². The minimum Gasteiger partial charge on any atom is -0.372 e. The Bertz CT molecular complexity index is 640. The van der Waals surface area contributed by atoms with Gasteiger partial charge in [-0.25, -0.2) is 0 Å². The number of carbonyl (C=O) groups is 3. The smallest absolute Gasteiger partial charge is 0.246 e. The summed E-state index contributed by atoms with van der Waals surface area (Å²) in [5.74, 6) is 0.324. The van der Waals surface area contributed by atoms with Crippen LogP contribution in [0.25, 0.3) is 0 Å². The fourth-order valence-electron chi connectivity index (χ4n) is 2.80. The molecule has 0 atom stereocenters. The fourth-order valence-corrected chi connectivity index (χ4v) is 2.80. The summed E-state index contributed by atoms with van der Waals surface area (Å²) in [5, 5.41) is 2.83. The summed E-state index contributed by atoms with van der Waals surface area (Å²) in [6.07, 6.45) is 3.98. The van der Waals surface area contributed by atoms with Gasteiger partial charge in [0.1, 0.15) is 6.61 Å². The molecule has 6 nitrogen and oxygen atoms in total. The summed E-state index contributed by atoms with van der Waals surface area (Å²) in [6.45, 7) is 6.05. The van der Waals surface area contributed by atoms with E-state index in [1.807, 2.05) is 24.3 Å². The van der Waals surface area contributed by atoms with Crippen LogP contribution < -0.4 is 5.32 Å². The molecule has 1 aliphatic heterocycles. The van der Waals surface area contributed by atoms with Crippen molar-refractivity contribution in [1.82, 2.24) is 10.2 Å². The van der Waals surface area contributed by atoms with Gasteiger partial charge in [-0.1, -0.05) is 51.0 Å². The summed E-state index contributed by atoms with van der Waals surface area (Å²) in [6, 6.07) is 7.48. The molecule has 0 aromatic heterocycles. The van der Waals surface area contributed by atoms with E-state index < -0.39 is 0 Å². The van der Waals surface area contributed by atoms with Crippen molar-refractivity contribution >= 4 is 17.7 Å². The highest BCUT2D eigenvalue weighted by Crippen LogP contribution is 2.12. The monoisotopic (exact) mass is 374 g/mol. The van der Waals surface area contributed by atoms with Gasteiger partial charge in [-0.15, -0.1) is 0 Å². The van der Waals surface area contributed by atoms with Crippen molar-refractivity contribution in [3.63, 3.8) is 0 Å². The average molecular weight is 374 g/mol. The van der Waals surface area contributed by atoms with Crippen molar-refractivity contribution in [3.8, 4) is 0 Å². The Morgan fingerprint density at radius 1 is 1.15 bits per heavy atom. The zero-order valence-corrected chi connectivity index (χ0v) is 16.3. The number of unbranched alkanes of at least 4 members (excludes halogenated alkanes) is 1. The number of nitrogens with one attached hydrogen (secondary N) is 1. The zero-order valence-electron chi connectivity index (χ0n) is 16.3. The summed E-state index contributed by atoms with van der Waals surface area (Å²) >= 11 is 0. The van der Waals surface area contributed by atoms with Crippen molar-refractivity contribution in [2.24, 2.45) is 5.92 Å². The van der Waals surface area contributed by atoms with Gasteiger partial charge >= 0.3 is 0 Å². The summed E-state index contributed by atoms with van der Waals surface area (Å²) < 4.78 is 5.39. The molecule has 0 spiro atoms. The Hall–Kier alpha value is -2.21. The number of benzene rings is 1. The first-order chi connectivity index (χ1) is 13.0. The van der Waals surface area contributed by atoms with Crippen LogP contribution in [0.1, 0.15) is 50.7 Å². The van der Waals surface area contributed by atoms with Gasteiger partial charge in [0, 0.05) is 26.1 Å². The highest BCUT2D eigenvalue weighted by molar-refractivity contribution is 6.00. The number of hydrogen-bond donors (Lipinski definition) is 1. The van der Waals surface area contributed by atoms with E-state index in [4.69, 9.17) is 4.74 Å². The Labute approximate surface area is 161 Å². The Kier molecular flexibility index (Phi) is 8.45. The maximum Gasteiger partial charge on any atom is 0.246 e. The van der Waals surface area contributed by atoms with Crippen molar-refractivity contribution in [2.75, 3.05) is 19.8 Å². The first-order valence-corrected chi connectivity index (χ1v) is 9.71. The van der Waals surface area contributed by atoms with Gasteiger partial charge < -0.3 is 10.1 Å². The number of nitrogens with zero attached hydrogens (tertiary/aromatic N) is 1. The van der Waals surface area contributed by atoms with Crippen LogP contribution in [-0.2, 0) is 32.1 Å². The molecule has 0 radical (unpaired) electrons. The number of imide groups is 1. The maximum atomic E-state index is 11.9. The van der Waals surface area contributed by atoms with E-state index in [-0.39, 0.29) is 30.7 Å². The number of carbonyl (C=O) groups excluding carboxylic acids is 3. The molecule has 0 saturated carbocycles. The van der Waals surface area contributed by atoms with Gasteiger partial charge in [0.25, 0.3) is 0 Å². The van der Waals surface area contributed by atoms with E-state index in [0.29, 0.717) is 32.0 Å². The molecule has 1 aromatic rings. The lowest BCUT2D eigenvalue weighted by Crippen LogP contribution is -2.48. The normalized spacial score (nSPS) is 13.6. The Morgan fingerprint density at radius 2 is 1.85 bits per heavy atom. The van der Waals surface area contributed by atoms with Gasteiger partial charge in [-0.3, -0.25) is 19.3 Å². The third-order valence-corrected chi connectivity index (χ3v) is 4.57. The largest absolute Gasteiger partial charge is 0.372 e. The van der Waals surface area contributed by atoms with Crippen LogP contribution in [0.2, 0.25) is 0 Å². The molecule has 1 aromatic carbocycles. The van der Waals surface area contributed by atoms with E-state index in [0.717, 1.165) is 24.0 Å². The molecule has 1 aliphatic rings. The van der Waals surface area contributed by atoms with Crippen molar-refractivity contribution in [1.29, 1.82) is 0 Å². The second-order valence-electron chi connectivity index (χ2n) is 7.40. The molecule has 1 N–H and O–H groups in total. The molecular formula is C21H30N2O4. The number of ether oxygens (including phenoxy) is 1. The Morgan fingerprint density at radius 3 is 2.44 bits per heavy atom. The molecule has 0 unspecified atom stereocenters. The lowest BCUT2D eigenvalue weighted by atomic mass is 10.1. The summed E-state index contributed by atoms with van der Waals surface area (Å²) in [5.41, 5.74) is 1.82. The lowest BCUT2D eigenvalue weighted by molar-refractivity contribution is -0.151. The van der Waals surface area contributed by atoms with Gasteiger partial charge in [0.15, 0.2) is 0 Å². The van der Waals surface area contributed by atoms with Crippen molar-refractivity contribution in [2.45, 2.75) is 52.5 Å². The third kappa shape index (κ3) is 7.51. The SMILES string of the molecule is CC(C)CCCCOCC(=O)NCc1ccc(CC(=O)N2CCC2=O)cc1. The van der Waals surface area contributed by atoms with Crippen LogP contribution in [-0.4, -0.2) is 42.4 Å². The van der Waals surface area contributed by atoms with E-state index in [2.05, 4.69) is 19.2 Å². The van der Waals surface area contributed by atoms with Gasteiger partial charge in [0.05, 0.1) is 6.42 Å². The minimum atomic E-state index is -0.155. The molecular weight excluding hydrogens is 344 g/mol. The van der Waals surface area contributed by atoms with E-state index >= 15 is 0 Å². The molecule has 1 heterocycles. The average Bonchev–Trinajstić information content (AvgIpc) is 2.62. The zero-order chi connectivity index (χ0) is 19.6. The van der Waals surface area contributed by atoms with Gasteiger partial charge in [0.2, 0.25) is 17.7 Å². The molecule has 6 heteroatoms. The van der Waals surface area contributed by atoms with Crippen molar-refractivity contribution in [3.05, 3.63) is 35.4 Å². The third-order valence-electron chi connectivity index (χ3n) is 4.57. The Balaban J connectivity index is 1.61. The predicted molar refractivity (Wildman–Crippen MR) is 103 cm³/mol. The van der Waals surface area contributed by atoms with E-state index in [9.17, 15) is 14.4 Å². The van der Waals surface area contributed by atoms with Crippen LogP contribution in [0.4, 0.5) is 0 Å². The molecule has 2 rings (SSSR count). The second kappa shape index (κ2) is 10.8. The lowest BCUT2D eigenvalue weighted by Gasteiger charge is -2.28. The highest BCUT2D eigenvalue weighted by Gasteiger charge is 2.29. The molecule has 0 aliphatic carbocycles. The van der Waals surface area contributed by atoms with E-state index in [1.54, 1.807) is 0 Å². The number of hydrogen-bond acceptors (Lipinski definition) is 4.